The van der Waals surface area contributed by atoms with Gasteiger partial charge in [-0.15, -0.1) is 0 Å². The number of nitrogens with zero attached hydrogens (tertiary/aromatic N) is 2. The molecule has 1 fully saturated rings. The van der Waals surface area contributed by atoms with Crippen molar-refractivity contribution in [2.24, 2.45) is 0 Å². The summed E-state index contributed by atoms with van der Waals surface area (Å²) in [6.07, 6.45) is 18.7. The minimum absolute atomic E-state index is 0.0819. The van der Waals surface area contributed by atoms with E-state index in [0.717, 1.165) is 62.8 Å². The molecule has 2 amide bonds. The molecule has 1 aromatic rings. The van der Waals surface area contributed by atoms with E-state index in [4.69, 9.17) is 21.1 Å². The minimum atomic E-state index is -0.514. The summed E-state index contributed by atoms with van der Waals surface area (Å²) >= 11 is 6.36. The third-order valence-electron chi connectivity index (χ3n) is 8.53. The van der Waals surface area contributed by atoms with Gasteiger partial charge in [-0.2, -0.15) is 0 Å². The molecule has 1 aromatic carbocycles. The van der Waals surface area contributed by atoms with Crippen molar-refractivity contribution in [3.63, 3.8) is 0 Å². The number of amides is 2. The lowest BCUT2D eigenvalue weighted by Crippen LogP contribution is -2.42. The Balaban J connectivity index is 1.13. The number of alkyl carbamates (subject to hydrolysis) is 1. The number of benzene rings is 1. The molecule has 0 aromatic heterocycles. The first-order valence-corrected chi connectivity index (χ1v) is 16.7. The summed E-state index contributed by atoms with van der Waals surface area (Å²) in [5.41, 5.74) is 3.14. The molecule has 5 rings (SSSR count). The Morgan fingerprint density at radius 3 is 2.63 bits per heavy atom. The van der Waals surface area contributed by atoms with E-state index in [-0.39, 0.29) is 11.7 Å². The maximum absolute atomic E-state index is 13.3. The van der Waals surface area contributed by atoms with Gasteiger partial charge in [0, 0.05) is 73.2 Å². The summed E-state index contributed by atoms with van der Waals surface area (Å²) in [6, 6.07) is 6.33. The molecule has 2 N–H and O–H groups in total. The van der Waals surface area contributed by atoms with Gasteiger partial charge in [0.15, 0.2) is 5.78 Å². The zero-order chi connectivity index (χ0) is 32.7. The molecule has 0 saturated carbocycles. The molecule has 246 valence electrons. The lowest BCUT2D eigenvalue weighted by atomic mass is 9.91. The number of carbonyl (C=O) groups is 3. The molecular formula is C36H45ClN4O5. The number of nitrogens with one attached hydrogen (secondary N) is 2. The Bertz CT molecular complexity index is 1470. The standard InChI is InChI=1S/C36H45ClN4O5/c1-36(2,3)46-35(44)39-15-6-4-5-14-38-34(43)32-23-27(37)10-13-31(32)26-20-28-11-12-29(21-26)41(28)17-16-40-18-19-45-33(24-40)25-8-7-9-30(42)22-25/h7-10,13,18-20,23-24,28-29H,4-6,11-12,14-17,21-22H2,1-3H3,(H,38,43)(H,39,44). The molecule has 10 heteroatoms. The molecule has 0 spiro atoms. The number of halogens is 1. The van der Waals surface area contributed by atoms with Crippen LogP contribution in [0.4, 0.5) is 4.79 Å². The van der Waals surface area contributed by atoms with Gasteiger partial charge in [-0.1, -0.05) is 35.9 Å². The third kappa shape index (κ3) is 9.13. The molecule has 4 aliphatic rings. The number of fused-ring (bicyclic) bond motifs is 2. The van der Waals surface area contributed by atoms with Crippen LogP contribution in [0.1, 0.15) is 81.6 Å². The van der Waals surface area contributed by atoms with Gasteiger partial charge >= 0.3 is 6.09 Å². The average molecular weight is 649 g/mol. The van der Waals surface area contributed by atoms with E-state index < -0.39 is 11.7 Å². The second-order valence-corrected chi connectivity index (χ2v) is 13.6. The van der Waals surface area contributed by atoms with Gasteiger partial charge in [0.05, 0.1) is 0 Å². The van der Waals surface area contributed by atoms with Crippen molar-refractivity contribution >= 4 is 35.0 Å². The minimum Gasteiger partial charge on any atom is -0.462 e. The summed E-state index contributed by atoms with van der Waals surface area (Å²) in [5.74, 6) is 0.679. The average Bonchev–Trinajstić information content (AvgIpc) is 3.24. The summed E-state index contributed by atoms with van der Waals surface area (Å²) in [5, 5.41) is 6.38. The Kier molecular flexibility index (Phi) is 11.1. The lowest BCUT2D eigenvalue weighted by molar-refractivity contribution is -0.114. The van der Waals surface area contributed by atoms with Crippen molar-refractivity contribution in [1.82, 2.24) is 20.4 Å². The normalized spacial score (nSPS) is 20.9. The molecule has 2 unspecified atom stereocenters. The van der Waals surface area contributed by atoms with E-state index in [1.54, 1.807) is 24.5 Å². The van der Waals surface area contributed by atoms with Crippen molar-refractivity contribution in [3.05, 3.63) is 88.6 Å². The zero-order valence-electron chi connectivity index (χ0n) is 27.0. The number of hydrogen-bond acceptors (Lipinski definition) is 7. The molecule has 0 radical (unpaired) electrons. The molecule has 2 atom stereocenters. The van der Waals surface area contributed by atoms with Crippen LogP contribution in [0.15, 0.2) is 72.5 Å². The maximum Gasteiger partial charge on any atom is 0.407 e. The predicted octanol–water partition coefficient (Wildman–Crippen LogP) is 6.49. The molecular weight excluding hydrogens is 604 g/mol. The van der Waals surface area contributed by atoms with Gasteiger partial charge in [-0.3, -0.25) is 14.5 Å². The Labute approximate surface area is 277 Å². The smallest absolute Gasteiger partial charge is 0.407 e. The van der Waals surface area contributed by atoms with Crippen LogP contribution in [0.25, 0.3) is 5.57 Å². The highest BCUT2D eigenvalue weighted by molar-refractivity contribution is 6.31. The first kappa shape index (κ1) is 33.5. The molecule has 2 bridgehead atoms. The summed E-state index contributed by atoms with van der Waals surface area (Å²) < 4.78 is 11.0. The SMILES string of the molecule is CC(C)(C)OC(=O)NCCCCCNC(=O)c1cc(Cl)ccc1C1=CC2CCC(C1)N2CCN1C=COC(C2=CC=CC(=O)C2)=C1. The molecule has 1 aliphatic carbocycles. The van der Waals surface area contributed by atoms with Crippen LogP contribution in [0.5, 0.6) is 0 Å². The third-order valence-corrected chi connectivity index (χ3v) is 8.76. The van der Waals surface area contributed by atoms with Crippen LogP contribution >= 0.6 is 11.6 Å². The van der Waals surface area contributed by atoms with Crippen LogP contribution in [0, 0.1) is 0 Å². The topological polar surface area (TPSA) is 100 Å². The Morgan fingerprint density at radius 2 is 1.87 bits per heavy atom. The first-order chi connectivity index (χ1) is 22.1. The maximum atomic E-state index is 13.3. The van der Waals surface area contributed by atoms with Crippen molar-refractivity contribution < 1.29 is 23.9 Å². The molecule has 3 heterocycles. The van der Waals surface area contributed by atoms with Gasteiger partial charge in [0.2, 0.25) is 0 Å². The second-order valence-electron chi connectivity index (χ2n) is 13.2. The molecule has 3 aliphatic heterocycles. The number of rotatable bonds is 12. The number of ether oxygens (including phenoxy) is 2. The van der Waals surface area contributed by atoms with Crippen molar-refractivity contribution in [1.29, 1.82) is 0 Å². The number of hydrogen-bond donors (Lipinski definition) is 2. The summed E-state index contributed by atoms with van der Waals surface area (Å²) in [4.78, 5) is 41.6. The monoisotopic (exact) mass is 648 g/mol. The van der Waals surface area contributed by atoms with E-state index in [9.17, 15) is 14.4 Å². The van der Waals surface area contributed by atoms with Gasteiger partial charge in [-0.05, 0) is 88.6 Å². The van der Waals surface area contributed by atoms with Crippen LogP contribution in [-0.4, -0.2) is 71.4 Å². The quantitative estimate of drug-likeness (QED) is 0.250. The van der Waals surface area contributed by atoms with Crippen molar-refractivity contribution in [3.8, 4) is 0 Å². The highest BCUT2D eigenvalue weighted by Gasteiger charge is 2.37. The first-order valence-electron chi connectivity index (χ1n) is 16.3. The fraction of sp³-hybridized carbons (Fsp3) is 0.472. The zero-order valence-corrected chi connectivity index (χ0v) is 27.8. The van der Waals surface area contributed by atoms with Gasteiger partial charge < -0.3 is 25.0 Å². The molecule has 9 nitrogen and oxygen atoms in total. The number of unbranched alkanes of at least 4 members (excludes halogenated alkanes) is 2. The van der Waals surface area contributed by atoms with Crippen LogP contribution in [-0.2, 0) is 14.3 Å². The summed E-state index contributed by atoms with van der Waals surface area (Å²) in [6.45, 7) is 8.30. The fourth-order valence-corrected chi connectivity index (χ4v) is 6.53. The largest absolute Gasteiger partial charge is 0.462 e. The van der Waals surface area contributed by atoms with E-state index in [1.807, 2.05) is 51.4 Å². The number of carbonyl (C=O) groups excluding carboxylic acids is 3. The van der Waals surface area contributed by atoms with Gasteiger partial charge in [0.1, 0.15) is 17.6 Å². The van der Waals surface area contributed by atoms with Gasteiger partial charge in [-0.25, -0.2) is 4.79 Å². The highest BCUT2D eigenvalue weighted by Crippen LogP contribution is 2.40. The van der Waals surface area contributed by atoms with Crippen LogP contribution in [0.2, 0.25) is 5.02 Å². The highest BCUT2D eigenvalue weighted by atomic mass is 35.5. The lowest BCUT2D eigenvalue weighted by Gasteiger charge is -2.35. The Morgan fingerprint density at radius 1 is 1.07 bits per heavy atom. The fourth-order valence-electron chi connectivity index (χ4n) is 6.36. The van der Waals surface area contributed by atoms with Crippen molar-refractivity contribution in [2.75, 3.05) is 26.2 Å². The van der Waals surface area contributed by atoms with Gasteiger partial charge in [0.25, 0.3) is 5.91 Å². The Hall–Kier alpha value is -3.82. The summed E-state index contributed by atoms with van der Waals surface area (Å²) in [7, 11) is 0. The molecule has 46 heavy (non-hydrogen) atoms. The molecule has 1 saturated heterocycles. The van der Waals surface area contributed by atoms with E-state index in [0.29, 0.717) is 47.9 Å². The predicted molar refractivity (Wildman–Crippen MR) is 180 cm³/mol. The number of ketones is 1. The van der Waals surface area contributed by atoms with Crippen LogP contribution in [0.3, 0.4) is 0 Å². The van der Waals surface area contributed by atoms with Crippen molar-refractivity contribution in [2.45, 2.75) is 83.4 Å². The van der Waals surface area contributed by atoms with E-state index in [2.05, 4.69) is 26.5 Å². The number of allylic oxidation sites excluding steroid dienone is 4. The van der Waals surface area contributed by atoms with Crippen LogP contribution < -0.4 is 10.6 Å². The van der Waals surface area contributed by atoms with E-state index >= 15 is 0 Å². The second kappa shape index (κ2) is 15.2. The van der Waals surface area contributed by atoms with E-state index in [1.165, 1.54) is 5.57 Å².